The van der Waals surface area contributed by atoms with Gasteiger partial charge in [0.05, 0.1) is 12.6 Å². The molecule has 1 unspecified atom stereocenters. The molecule has 1 aromatic carbocycles. The summed E-state index contributed by atoms with van der Waals surface area (Å²) in [6.07, 6.45) is 0.913. The second-order valence-corrected chi connectivity index (χ2v) is 4.37. The minimum atomic E-state index is -0.0446. The summed E-state index contributed by atoms with van der Waals surface area (Å²) in [5, 5.41) is 0. The van der Waals surface area contributed by atoms with Crippen LogP contribution in [0.3, 0.4) is 0 Å². The number of ether oxygens (including phenoxy) is 2. The summed E-state index contributed by atoms with van der Waals surface area (Å²) < 4.78 is 10.5. The van der Waals surface area contributed by atoms with Crippen LogP contribution in [0, 0.1) is 13.8 Å². The second-order valence-electron chi connectivity index (χ2n) is 4.37. The highest BCUT2D eigenvalue weighted by molar-refractivity contribution is 5.31. The maximum absolute atomic E-state index is 6.07. The normalized spacial score (nSPS) is 12.7. The molecule has 96 valence electrons. The molecule has 0 amide bonds. The predicted octanol–water partition coefficient (Wildman–Crippen LogP) is 2.36. The van der Waals surface area contributed by atoms with E-state index in [4.69, 9.17) is 15.2 Å². The molecule has 2 N–H and O–H groups in total. The van der Waals surface area contributed by atoms with Gasteiger partial charge in [-0.3, -0.25) is 0 Å². The van der Waals surface area contributed by atoms with E-state index in [1.54, 1.807) is 7.11 Å². The van der Waals surface area contributed by atoms with Crippen molar-refractivity contribution in [2.75, 3.05) is 26.9 Å². The first-order valence-electron chi connectivity index (χ1n) is 6.04. The average molecular weight is 237 g/mol. The van der Waals surface area contributed by atoms with Crippen LogP contribution in [-0.4, -0.2) is 26.9 Å². The van der Waals surface area contributed by atoms with Crippen molar-refractivity contribution >= 4 is 0 Å². The van der Waals surface area contributed by atoms with Crippen LogP contribution >= 0.6 is 0 Å². The molecule has 0 radical (unpaired) electrons. The van der Waals surface area contributed by atoms with E-state index in [-0.39, 0.29) is 6.04 Å². The molecule has 1 aromatic rings. The zero-order valence-corrected chi connectivity index (χ0v) is 11.0. The smallest absolute Gasteiger partial charge is 0.0659 e. The van der Waals surface area contributed by atoms with Gasteiger partial charge in [-0.15, -0.1) is 0 Å². The standard InChI is InChI=1S/C14H23NO2/c1-11-5-6-13(9-12(11)2)14(15)10-17-8-4-7-16-3/h5-6,9,14H,4,7-8,10,15H2,1-3H3. The first kappa shape index (κ1) is 14.2. The maximum Gasteiger partial charge on any atom is 0.0659 e. The van der Waals surface area contributed by atoms with Gasteiger partial charge in [-0.25, -0.2) is 0 Å². The van der Waals surface area contributed by atoms with E-state index in [1.807, 2.05) is 0 Å². The van der Waals surface area contributed by atoms with E-state index >= 15 is 0 Å². The first-order chi connectivity index (χ1) is 8.15. The molecule has 0 aliphatic heterocycles. The molecule has 0 aromatic heterocycles. The summed E-state index contributed by atoms with van der Waals surface area (Å²) in [6.45, 7) is 6.20. The monoisotopic (exact) mass is 237 g/mol. The Morgan fingerprint density at radius 3 is 2.59 bits per heavy atom. The van der Waals surface area contributed by atoms with Gasteiger partial charge in [0.1, 0.15) is 0 Å². The van der Waals surface area contributed by atoms with Crippen LogP contribution in [0.25, 0.3) is 0 Å². The fourth-order valence-electron chi connectivity index (χ4n) is 1.61. The van der Waals surface area contributed by atoms with Crippen LogP contribution in [0.2, 0.25) is 0 Å². The fourth-order valence-corrected chi connectivity index (χ4v) is 1.61. The zero-order valence-electron chi connectivity index (χ0n) is 11.0. The van der Waals surface area contributed by atoms with E-state index in [9.17, 15) is 0 Å². The number of aryl methyl sites for hydroxylation is 2. The van der Waals surface area contributed by atoms with Gasteiger partial charge in [0.25, 0.3) is 0 Å². The van der Waals surface area contributed by atoms with E-state index in [0.29, 0.717) is 13.2 Å². The highest BCUT2D eigenvalue weighted by atomic mass is 16.5. The summed E-state index contributed by atoms with van der Waals surface area (Å²) in [5.41, 5.74) is 9.78. The lowest BCUT2D eigenvalue weighted by atomic mass is 10.0. The molecule has 17 heavy (non-hydrogen) atoms. The largest absolute Gasteiger partial charge is 0.385 e. The summed E-state index contributed by atoms with van der Waals surface area (Å²) in [7, 11) is 1.70. The van der Waals surface area contributed by atoms with Gasteiger partial charge in [0.2, 0.25) is 0 Å². The van der Waals surface area contributed by atoms with Crippen molar-refractivity contribution in [1.82, 2.24) is 0 Å². The van der Waals surface area contributed by atoms with Crippen molar-refractivity contribution < 1.29 is 9.47 Å². The maximum atomic E-state index is 6.07. The first-order valence-corrected chi connectivity index (χ1v) is 6.04. The van der Waals surface area contributed by atoms with Crippen molar-refractivity contribution in [3.63, 3.8) is 0 Å². The van der Waals surface area contributed by atoms with E-state index in [2.05, 4.69) is 32.0 Å². The van der Waals surface area contributed by atoms with Crippen molar-refractivity contribution in [3.05, 3.63) is 34.9 Å². The van der Waals surface area contributed by atoms with Crippen molar-refractivity contribution in [2.24, 2.45) is 5.73 Å². The number of benzene rings is 1. The quantitative estimate of drug-likeness (QED) is 0.740. The second kappa shape index (κ2) is 7.43. The van der Waals surface area contributed by atoms with Gasteiger partial charge in [0.15, 0.2) is 0 Å². The summed E-state index contributed by atoms with van der Waals surface area (Å²) in [6, 6.07) is 6.27. The van der Waals surface area contributed by atoms with E-state index in [0.717, 1.165) is 18.6 Å². The molecule has 0 aliphatic carbocycles. The molecule has 0 spiro atoms. The molecule has 0 saturated heterocycles. The Morgan fingerprint density at radius 1 is 1.18 bits per heavy atom. The molecule has 1 atom stereocenters. The van der Waals surface area contributed by atoms with Gasteiger partial charge < -0.3 is 15.2 Å². The lowest BCUT2D eigenvalue weighted by Crippen LogP contribution is -2.18. The molecule has 0 fully saturated rings. The Bertz CT molecular complexity index is 339. The van der Waals surface area contributed by atoms with E-state index < -0.39 is 0 Å². The van der Waals surface area contributed by atoms with Crippen molar-refractivity contribution in [3.8, 4) is 0 Å². The van der Waals surface area contributed by atoms with Crippen LogP contribution < -0.4 is 5.73 Å². The number of methoxy groups -OCH3 is 1. The lowest BCUT2D eigenvalue weighted by Gasteiger charge is -2.14. The SMILES string of the molecule is COCCCOCC(N)c1ccc(C)c(C)c1. The number of rotatable bonds is 7. The molecule has 0 aliphatic rings. The average Bonchev–Trinajstić information content (AvgIpc) is 2.32. The lowest BCUT2D eigenvalue weighted by molar-refractivity contribution is 0.0940. The molecule has 3 heteroatoms. The Morgan fingerprint density at radius 2 is 1.94 bits per heavy atom. The van der Waals surface area contributed by atoms with Crippen LogP contribution in [0.1, 0.15) is 29.2 Å². The molecular formula is C14H23NO2. The van der Waals surface area contributed by atoms with Gasteiger partial charge >= 0.3 is 0 Å². The zero-order chi connectivity index (χ0) is 12.7. The van der Waals surface area contributed by atoms with E-state index in [1.165, 1.54) is 11.1 Å². The minimum absolute atomic E-state index is 0.0446. The summed E-state index contributed by atoms with van der Waals surface area (Å²) in [4.78, 5) is 0. The Hall–Kier alpha value is -0.900. The third-order valence-electron chi connectivity index (χ3n) is 2.89. The van der Waals surface area contributed by atoms with Gasteiger partial charge in [-0.05, 0) is 37.0 Å². The Kier molecular flexibility index (Phi) is 6.19. The predicted molar refractivity (Wildman–Crippen MR) is 70.2 cm³/mol. The van der Waals surface area contributed by atoms with Crippen LogP contribution in [0.15, 0.2) is 18.2 Å². The van der Waals surface area contributed by atoms with Crippen molar-refractivity contribution in [2.45, 2.75) is 26.3 Å². The highest BCUT2D eigenvalue weighted by Gasteiger charge is 2.06. The molecule has 3 nitrogen and oxygen atoms in total. The van der Waals surface area contributed by atoms with Gasteiger partial charge in [-0.2, -0.15) is 0 Å². The van der Waals surface area contributed by atoms with Gasteiger partial charge in [0, 0.05) is 20.3 Å². The third kappa shape index (κ3) is 4.86. The summed E-state index contributed by atoms with van der Waals surface area (Å²) in [5.74, 6) is 0. The molecule has 1 rings (SSSR count). The van der Waals surface area contributed by atoms with Crippen LogP contribution in [0.4, 0.5) is 0 Å². The van der Waals surface area contributed by atoms with Crippen LogP contribution in [-0.2, 0) is 9.47 Å². The molecule has 0 heterocycles. The molecule has 0 saturated carbocycles. The topological polar surface area (TPSA) is 44.5 Å². The molecule has 0 bridgehead atoms. The van der Waals surface area contributed by atoms with Gasteiger partial charge in [-0.1, -0.05) is 18.2 Å². The number of hydrogen-bond acceptors (Lipinski definition) is 3. The minimum Gasteiger partial charge on any atom is -0.385 e. The fraction of sp³-hybridized carbons (Fsp3) is 0.571. The Balaban J connectivity index is 2.36. The number of hydrogen-bond donors (Lipinski definition) is 1. The Labute approximate surface area is 104 Å². The van der Waals surface area contributed by atoms with Crippen LogP contribution in [0.5, 0.6) is 0 Å². The molecular weight excluding hydrogens is 214 g/mol. The number of nitrogens with two attached hydrogens (primary N) is 1. The summed E-state index contributed by atoms with van der Waals surface area (Å²) >= 11 is 0. The third-order valence-corrected chi connectivity index (χ3v) is 2.89. The highest BCUT2D eigenvalue weighted by Crippen LogP contribution is 2.15. The van der Waals surface area contributed by atoms with Crippen molar-refractivity contribution in [1.29, 1.82) is 0 Å².